The standard InChI is InChI=1S/C15H19FN2S/c16-12-4-6-13(7-5-12)18-14-17-11-10-15(19-14)8-2-1-3-9-15/h4-7H,1-3,8-11H2,(H,17,18). The van der Waals surface area contributed by atoms with Crippen molar-refractivity contribution in [3.8, 4) is 0 Å². The van der Waals surface area contributed by atoms with Gasteiger partial charge in [-0.15, -0.1) is 0 Å². The number of halogens is 1. The number of rotatable bonds is 1. The van der Waals surface area contributed by atoms with Gasteiger partial charge in [-0.3, -0.25) is 4.99 Å². The van der Waals surface area contributed by atoms with E-state index in [9.17, 15) is 4.39 Å². The molecule has 1 heterocycles. The van der Waals surface area contributed by atoms with Gasteiger partial charge >= 0.3 is 0 Å². The Morgan fingerprint density at radius 3 is 2.53 bits per heavy atom. The molecular weight excluding hydrogens is 259 g/mol. The van der Waals surface area contributed by atoms with Crippen LogP contribution in [0.1, 0.15) is 38.5 Å². The van der Waals surface area contributed by atoms with Crippen LogP contribution >= 0.6 is 11.8 Å². The summed E-state index contributed by atoms with van der Waals surface area (Å²) in [5.41, 5.74) is 0.917. The molecule has 1 saturated carbocycles. The summed E-state index contributed by atoms with van der Waals surface area (Å²) >= 11 is 1.90. The Bertz CT molecular complexity index is 464. The maximum atomic E-state index is 12.9. The van der Waals surface area contributed by atoms with E-state index >= 15 is 0 Å². The van der Waals surface area contributed by atoms with Crippen molar-refractivity contribution in [2.75, 3.05) is 11.9 Å². The molecule has 0 unspecified atom stereocenters. The third kappa shape index (κ3) is 3.11. The number of anilines is 1. The van der Waals surface area contributed by atoms with Crippen LogP contribution in [0.15, 0.2) is 29.3 Å². The number of nitrogens with one attached hydrogen (secondary N) is 1. The molecule has 3 rings (SSSR count). The second kappa shape index (κ2) is 5.53. The predicted octanol–water partition coefficient (Wildman–Crippen LogP) is 4.43. The van der Waals surface area contributed by atoms with Gasteiger partial charge in [-0.05, 0) is 43.5 Å². The lowest BCUT2D eigenvalue weighted by Crippen LogP contribution is -2.35. The Morgan fingerprint density at radius 1 is 1.05 bits per heavy atom. The first-order chi connectivity index (χ1) is 9.26. The lowest BCUT2D eigenvalue weighted by molar-refractivity contribution is 0.381. The van der Waals surface area contributed by atoms with E-state index in [1.165, 1.54) is 50.7 Å². The smallest absolute Gasteiger partial charge is 0.161 e. The first-order valence-electron chi connectivity index (χ1n) is 7.02. The molecule has 4 heteroatoms. The third-order valence-corrected chi connectivity index (χ3v) is 5.47. The van der Waals surface area contributed by atoms with Crippen LogP contribution in [-0.2, 0) is 0 Å². The van der Waals surface area contributed by atoms with Crippen LogP contribution in [0.25, 0.3) is 0 Å². The van der Waals surface area contributed by atoms with Crippen LogP contribution in [0.4, 0.5) is 10.1 Å². The van der Waals surface area contributed by atoms with Gasteiger partial charge < -0.3 is 5.32 Å². The van der Waals surface area contributed by atoms with E-state index in [-0.39, 0.29) is 5.82 Å². The minimum absolute atomic E-state index is 0.201. The third-order valence-electron chi connectivity index (χ3n) is 4.00. The fraction of sp³-hybridized carbons (Fsp3) is 0.533. The molecule has 1 fully saturated rings. The zero-order valence-electron chi connectivity index (χ0n) is 11.0. The number of aliphatic imine (C=N–C) groups is 1. The number of thioether (sulfide) groups is 1. The minimum atomic E-state index is -0.201. The second-order valence-corrected chi connectivity index (χ2v) is 6.87. The van der Waals surface area contributed by atoms with Gasteiger partial charge in [-0.1, -0.05) is 31.0 Å². The molecule has 1 aliphatic carbocycles. The van der Waals surface area contributed by atoms with Crippen LogP contribution in [0.3, 0.4) is 0 Å². The second-order valence-electron chi connectivity index (χ2n) is 5.41. The molecule has 1 N–H and O–H groups in total. The van der Waals surface area contributed by atoms with Crippen molar-refractivity contribution in [3.63, 3.8) is 0 Å². The van der Waals surface area contributed by atoms with Crippen molar-refractivity contribution >= 4 is 22.6 Å². The number of hydrogen-bond donors (Lipinski definition) is 1. The topological polar surface area (TPSA) is 24.4 Å². The van der Waals surface area contributed by atoms with Gasteiger partial charge in [0.05, 0.1) is 0 Å². The van der Waals surface area contributed by atoms with Gasteiger partial charge in [0, 0.05) is 17.0 Å². The Balaban J connectivity index is 1.68. The summed E-state index contributed by atoms with van der Waals surface area (Å²) < 4.78 is 13.3. The summed E-state index contributed by atoms with van der Waals surface area (Å²) in [5.74, 6) is -0.201. The first-order valence-corrected chi connectivity index (χ1v) is 7.84. The monoisotopic (exact) mass is 278 g/mol. The molecule has 1 aromatic carbocycles. The van der Waals surface area contributed by atoms with Crippen molar-refractivity contribution in [3.05, 3.63) is 30.1 Å². The average molecular weight is 278 g/mol. The van der Waals surface area contributed by atoms with E-state index < -0.39 is 0 Å². The highest BCUT2D eigenvalue weighted by molar-refractivity contribution is 8.15. The van der Waals surface area contributed by atoms with E-state index in [1.807, 2.05) is 11.8 Å². The van der Waals surface area contributed by atoms with E-state index in [0.29, 0.717) is 4.75 Å². The highest BCUT2D eigenvalue weighted by atomic mass is 32.2. The first kappa shape index (κ1) is 13.0. The summed E-state index contributed by atoms with van der Waals surface area (Å²) in [6.45, 7) is 0.913. The molecule has 102 valence electrons. The molecule has 0 aromatic heterocycles. The van der Waals surface area contributed by atoms with Crippen molar-refractivity contribution < 1.29 is 4.39 Å². The van der Waals surface area contributed by atoms with Gasteiger partial charge in [0.2, 0.25) is 0 Å². The highest BCUT2D eigenvalue weighted by Gasteiger charge is 2.36. The quantitative estimate of drug-likeness (QED) is 0.821. The molecular formula is C15H19FN2S. The summed E-state index contributed by atoms with van der Waals surface area (Å²) in [5, 5.41) is 4.33. The molecule has 2 aliphatic rings. The molecule has 0 amide bonds. The number of benzene rings is 1. The summed E-state index contributed by atoms with van der Waals surface area (Å²) in [6.07, 6.45) is 7.88. The van der Waals surface area contributed by atoms with Crippen molar-refractivity contribution in [2.45, 2.75) is 43.3 Å². The van der Waals surface area contributed by atoms with E-state index in [0.717, 1.165) is 17.4 Å². The molecule has 1 aromatic rings. The minimum Gasteiger partial charge on any atom is -0.335 e. The van der Waals surface area contributed by atoms with E-state index in [1.54, 1.807) is 12.1 Å². The van der Waals surface area contributed by atoms with Gasteiger partial charge in [0.25, 0.3) is 0 Å². The fourth-order valence-electron chi connectivity index (χ4n) is 2.92. The maximum Gasteiger partial charge on any atom is 0.161 e. The number of hydrogen-bond acceptors (Lipinski definition) is 3. The van der Waals surface area contributed by atoms with Crippen LogP contribution in [0.2, 0.25) is 0 Å². The fourth-order valence-corrected chi connectivity index (χ4v) is 4.34. The molecule has 1 spiro atoms. The van der Waals surface area contributed by atoms with Crippen molar-refractivity contribution in [1.29, 1.82) is 0 Å². The summed E-state index contributed by atoms with van der Waals surface area (Å²) in [4.78, 5) is 4.57. The summed E-state index contributed by atoms with van der Waals surface area (Å²) in [6, 6.07) is 6.49. The van der Waals surface area contributed by atoms with E-state index in [4.69, 9.17) is 0 Å². The molecule has 1 aliphatic heterocycles. The van der Waals surface area contributed by atoms with E-state index in [2.05, 4.69) is 10.3 Å². The predicted molar refractivity (Wildman–Crippen MR) is 80.3 cm³/mol. The average Bonchev–Trinajstić information content (AvgIpc) is 2.42. The molecule has 0 saturated heterocycles. The molecule has 19 heavy (non-hydrogen) atoms. The Hall–Kier alpha value is -1.03. The Morgan fingerprint density at radius 2 is 1.79 bits per heavy atom. The van der Waals surface area contributed by atoms with Gasteiger partial charge in [-0.2, -0.15) is 0 Å². The van der Waals surface area contributed by atoms with Crippen LogP contribution < -0.4 is 5.32 Å². The zero-order chi connectivity index (χ0) is 13.1. The van der Waals surface area contributed by atoms with Crippen LogP contribution in [0, 0.1) is 5.82 Å². The summed E-state index contributed by atoms with van der Waals surface area (Å²) in [7, 11) is 0. The SMILES string of the molecule is Fc1ccc(NC2=NCCC3(CCCCC3)S2)cc1. The normalized spacial score (nSPS) is 22.1. The lowest BCUT2D eigenvalue weighted by Gasteiger charge is -2.39. The van der Waals surface area contributed by atoms with Gasteiger partial charge in [0.15, 0.2) is 5.17 Å². The highest BCUT2D eigenvalue weighted by Crippen LogP contribution is 2.45. The molecule has 2 nitrogen and oxygen atoms in total. The number of amidine groups is 1. The number of nitrogens with zero attached hydrogens (tertiary/aromatic N) is 1. The Kier molecular flexibility index (Phi) is 3.78. The van der Waals surface area contributed by atoms with Gasteiger partial charge in [-0.25, -0.2) is 4.39 Å². The van der Waals surface area contributed by atoms with Gasteiger partial charge in [0.1, 0.15) is 5.82 Å². The lowest BCUT2D eigenvalue weighted by atomic mass is 9.86. The maximum absolute atomic E-state index is 12.9. The zero-order valence-corrected chi connectivity index (χ0v) is 11.8. The van der Waals surface area contributed by atoms with Crippen molar-refractivity contribution in [2.24, 2.45) is 4.99 Å². The largest absolute Gasteiger partial charge is 0.335 e. The molecule has 0 atom stereocenters. The van der Waals surface area contributed by atoms with Crippen LogP contribution in [0.5, 0.6) is 0 Å². The van der Waals surface area contributed by atoms with Crippen molar-refractivity contribution in [1.82, 2.24) is 0 Å². The molecule has 0 radical (unpaired) electrons. The van der Waals surface area contributed by atoms with Crippen LogP contribution in [-0.4, -0.2) is 16.5 Å². The Labute approximate surface area is 117 Å². The molecule has 0 bridgehead atoms.